The number of amides is 1. The fraction of sp³-hybridized carbons (Fsp3) is 0.588. The van der Waals surface area contributed by atoms with Crippen LogP contribution in [-0.4, -0.2) is 20.6 Å². The molecule has 2 aliphatic rings. The third kappa shape index (κ3) is 2.56. The first kappa shape index (κ1) is 15.5. The first-order chi connectivity index (χ1) is 10.4. The van der Waals surface area contributed by atoms with Gasteiger partial charge in [0, 0.05) is 6.26 Å². The number of hydrogen-bond donors (Lipinski definition) is 1. The molecular weight excluding hydrogens is 298 g/mol. The Hall–Kier alpha value is -1.36. The number of primary amides is 1. The van der Waals surface area contributed by atoms with E-state index in [4.69, 9.17) is 5.73 Å². The standard InChI is InChI=1S/C17H23NO3S/c1-22(20,21)14-9-7-13(8-10-14)17(16(18)19)11-15(17)12-5-3-2-4-6-12/h7-10,12,15H,2-6,11H2,1H3,(H2,18,19)/t15-,17-/m0/s1. The summed E-state index contributed by atoms with van der Waals surface area (Å²) in [4.78, 5) is 12.4. The molecule has 0 heterocycles. The van der Waals surface area contributed by atoms with Gasteiger partial charge in [-0.15, -0.1) is 0 Å². The molecule has 0 aliphatic heterocycles. The number of rotatable bonds is 4. The van der Waals surface area contributed by atoms with E-state index in [0.717, 1.165) is 12.0 Å². The van der Waals surface area contributed by atoms with Crippen molar-refractivity contribution in [2.24, 2.45) is 17.6 Å². The predicted molar refractivity (Wildman–Crippen MR) is 85.1 cm³/mol. The van der Waals surface area contributed by atoms with Crippen LogP contribution in [-0.2, 0) is 20.0 Å². The number of sulfone groups is 1. The molecule has 0 spiro atoms. The predicted octanol–water partition coefficient (Wildman–Crippen LogP) is 2.41. The van der Waals surface area contributed by atoms with Crippen LogP contribution in [0.4, 0.5) is 0 Å². The lowest BCUT2D eigenvalue weighted by atomic mass is 9.80. The van der Waals surface area contributed by atoms with Gasteiger partial charge in [-0.3, -0.25) is 4.79 Å². The summed E-state index contributed by atoms with van der Waals surface area (Å²) in [5, 5.41) is 0. The molecule has 2 fully saturated rings. The third-order valence-corrected chi connectivity index (χ3v) is 6.60. The van der Waals surface area contributed by atoms with Crippen LogP contribution in [0, 0.1) is 11.8 Å². The Labute approximate surface area is 132 Å². The molecule has 0 unspecified atom stereocenters. The van der Waals surface area contributed by atoms with Gasteiger partial charge in [0.05, 0.1) is 10.3 Å². The highest BCUT2D eigenvalue weighted by Crippen LogP contribution is 2.60. The van der Waals surface area contributed by atoms with Crippen LogP contribution >= 0.6 is 0 Å². The lowest BCUT2D eigenvalue weighted by Gasteiger charge is -2.24. The van der Waals surface area contributed by atoms with E-state index in [1.807, 2.05) is 0 Å². The van der Waals surface area contributed by atoms with Crippen LogP contribution in [0.5, 0.6) is 0 Å². The van der Waals surface area contributed by atoms with Crippen molar-refractivity contribution < 1.29 is 13.2 Å². The van der Waals surface area contributed by atoms with Gasteiger partial charge < -0.3 is 5.73 Å². The molecule has 1 amide bonds. The molecule has 0 radical (unpaired) electrons. The normalized spacial score (nSPS) is 29.2. The molecule has 2 atom stereocenters. The molecule has 0 aromatic heterocycles. The van der Waals surface area contributed by atoms with Crippen molar-refractivity contribution in [3.05, 3.63) is 29.8 Å². The van der Waals surface area contributed by atoms with Gasteiger partial charge in [-0.1, -0.05) is 44.2 Å². The molecule has 1 aromatic carbocycles. The van der Waals surface area contributed by atoms with Gasteiger partial charge in [0.1, 0.15) is 0 Å². The van der Waals surface area contributed by atoms with Crippen molar-refractivity contribution in [3.63, 3.8) is 0 Å². The lowest BCUT2D eigenvalue weighted by Crippen LogP contribution is -2.32. The minimum absolute atomic E-state index is 0.268. The molecule has 120 valence electrons. The summed E-state index contributed by atoms with van der Waals surface area (Å²) in [5.74, 6) is 0.639. The number of benzene rings is 1. The molecule has 22 heavy (non-hydrogen) atoms. The Morgan fingerprint density at radius 2 is 1.73 bits per heavy atom. The number of carbonyl (C=O) groups excluding carboxylic acids is 1. The van der Waals surface area contributed by atoms with Gasteiger partial charge in [-0.05, 0) is 36.0 Å². The maximum Gasteiger partial charge on any atom is 0.228 e. The molecule has 2 aliphatic carbocycles. The fourth-order valence-electron chi connectivity index (χ4n) is 4.15. The average molecular weight is 321 g/mol. The number of hydrogen-bond acceptors (Lipinski definition) is 3. The monoisotopic (exact) mass is 321 g/mol. The van der Waals surface area contributed by atoms with Gasteiger partial charge in [0.2, 0.25) is 5.91 Å². The number of nitrogens with two attached hydrogens (primary N) is 1. The SMILES string of the molecule is CS(=O)(=O)c1ccc([C@@]2(C(N)=O)C[C@H]2C2CCCCC2)cc1. The Morgan fingerprint density at radius 3 is 2.23 bits per heavy atom. The second-order valence-electron chi connectivity index (χ2n) is 6.84. The van der Waals surface area contributed by atoms with E-state index in [1.54, 1.807) is 24.3 Å². The van der Waals surface area contributed by atoms with E-state index in [9.17, 15) is 13.2 Å². The molecule has 5 heteroatoms. The van der Waals surface area contributed by atoms with Gasteiger partial charge in [-0.25, -0.2) is 8.42 Å². The van der Waals surface area contributed by atoms with E-state index in [2.05, 4.69) is 0 Å². The summed E-state index contributed by atoms with van der Waals surface area (Å²) >= 11 is 0. The van der Waals surface area contributed by atoms with E-state index >= 15 is 0 Å². The lowest BCUT2D eigenvalue weighted by molar-refractivity contribution is -0.121. The second kappa shape index (κ2) is 5.37. The van der Waals surface area contributed by atoms with Crippen molar-refractivity contribution >= 4 is 15.7 Å². The smallest absolute Gasteiger partial charge is 0.228 e. The highest BCUT2D eigenvalue weighted by atomic mass is 32.2. The van der Waals surface area contributed by atoms with Crippen LogP contribution in [0.3, 0.4) is 0 Å². The fourth-order valence-corrected chi connectivity index (χ4v) is 4.78. The molecular formula is C17H23NO3S. The van der Waals surface area contributed by atoms with Gasteiger partial charge in [0.25, 0.3) is 0 Å². The van der Waals surface area contributed by atoms with Crippen molar-refractivity contribution in [1.82, 2.24) is 0 Å². The van der Waals surface area contributed by atoms with Crippen molar-refractivity contribution in [2.75, 3.05) is 6.26 Å². The summed E-state index contributed by atoms with van der Waals surface area (Å²) in [5.41, 5.74) is 6.03. The number of carbonyl (C=O) groups is 1. The quantitative estimate of drug-likeness (QED) is 0.925. The highest BCUT2D eigenvalue weighted by Gasteiger charge is 2.62. The summed E-state index contributed by atoms with van der Waals surface area (Å²) in [6, 6.07) is 6.71. The van der Waals surface area contributed by atoms with Crippen molar-refractivity contribution in [1.29, 1.82) is 0 Å². The zero-order chi connectivity index (χ0) is 16.0. The van der Waals surface area contributed by atoms with Crippen LogP contribution in [0.1, 0.15) is 44.1 Å². The maximum absolute atomic E-state index is 12.1. The van der Waals surface area contributed by atoms with E-state index < -0.39 is 15.3 Å². The summed E-state index contributed by atoms with van der Waals surface area (Å²) in [6.07, 6.45) is 8.13. The molecule has 0 saturated heterocycles. The zero-order valence-electron chi connectivity index (χ0n) is 12.9. The van der Waals surface area contributed by atoms with Crippen molar-refractivity contribution in [3.8, 4) is 0 Å². The van der Waals surface area contributed by atoms with E-state index in [0.29, 0.717) is 11.8 Å². The Kier molecular flexibility index (Phi) is 3.79. The minimum Gasteiger partial charge on any atom is -0.369 e. The second-order valence-corrected chi connectivity index (χ2v) is 8.86. The largest absolute Gasteiger partial charge is 0.369 e. The molecule has 3 rings (SSSR count). The Bertz CT molecular complexity index is 674. The summed E-state index contributed by atoms with van der Waals surface area (Å²) in [7, 11) is -3.22. The van der Waals surface area contributed by atoms with Crippen LogP contribution in [0.25, 0.3) is 0 Å². The topological polar surface area (TPSA) is 77.2 Å². The van der Waals surface area contributed by atoms with E-state index in [1.165, 1.54) is 38.4 Å². The molecule has 2 saturated carbocycles. The molecule has 4 nitrogen and oxygen atoms in total. The molecule has 1 aromatic rings. The summed E-state index contributed by atoms with van der Waals surface area (Å²) in [6.45, 7) is 0. The van der Waals surface area contributed by atoms with E-state index in [-0.39, 0.29) is 10.8 Å². The zero-order valence-corrected chi connectivity index (χ0v) is 13.7. The first-order valence-electron chi connectivity index (χ1n) is 7.96. The Balaban J connectivity index is 1.88. The van der Waals surface area contributed by atoms with Crippen molar-refractivity contribution in [2.45, 2.75) is 48.8 Å². The minimum atomic E-state index is -3.22. The van der Waals surface area contributed by atoms with Gasteiger partial charge >= 0.3 is 0 Å². The Morgan fingerprint density at radius 1 is 1.14 bits per heavy atom. The summed E-state index contributed by atoms with van der Waals surface area (Å²) < 4.78 is 23.1. The van der Waals surface area contributed by atoms with Gasteiger partial charge in [0.15, 0.2) is 9.84 Å². The van der Waals surface area contributed by atoms with Gasteiger partial charge in [-0.2, -0.15) is 0 Å². The van der Waals surface area contributed by atoms with Crippen LogP contribution in [0.2, 0.25) is 0 Å². The molecule has 0 bridgehead atoms. The molecule has 2 N–H and O–H groups in total. The maximum atomic E-state index is 12.1. The average Bonchev–Trinajstić information content (AvgIpc) is 3.24. The van der Waals surface area contributed by atoms with Crippen LogP contribution in [0.15, 0.2) is 29.2 Å². The third-order valence-electron chi connectivity index (χ3n) is 5.47. The first-order valence-corrected chi connectivity index (χ1v) is 9.85. The van der Waals surface area contributed by atoms with Crippen LogP contribution < -0.4 is 5.73 Å². The highest BCUT2D eigenvalue weighted by molar-refractivity contribution is 7.90.